The number of nitrogens with two attached hydrogens (primary N) is 1. The molecule has 0 amide bonds. The number of allylic oxidation sites excluding steroid dienone is 4. The zero-order chi connectivity index (χ0) is 9.26. The summed E-state index contributed by atoms with van der Waals surface area (Å²) < 4.78 is 0. The van der Waals surface area contributed by atoms with Crippen molar-refractivity contribution in [3.05, 3.63) is 36.0 Å². The van der Waals surface area contributed by atoms with E-state index in [1.165, 1.54) is 5.57 Å². The van der Waals surface area contributed by atoms with E-state index in [-0.39, 0.29) is 12.0 Å². The average molecular weight is 172 g/mol. The Morgan fingerprint density at radius 1 is 1.46 bits per heavy atom. The highest BCUT2D eigenvalue weighted by Gasteiger charge is 2.28. The molecule has 0 aromatic heterocycles. The van der Waals surface area contributed by atoms with E-state index in [1.807, 2.05) is 18.2 Å². The van der Waals surface area contributed by atoms with Crippen LogP contribution in [0, 0.1) is 23.2 Å². The van der Waals surface area contributed by atoms with E-state index < -0.39 is 0 Å². The molecule has 0 bridgehead atoms. The summed E-state index contributed by atoms with van der Waals surface area (Å²) in [6.07, 6.45) is 11.3. The third kappa shape index (κ3) is 1.32. The minimum atomic E-state index is -0.144. The largest absolute Gasteiger partial charge is 0.323 e. The molecule has 2 nitrogen and oxygen atoms in total. The van der Waals surface area contributed by atoms with E-state index in [1.54, 1.807) is 0 Å². The molecule has 0 aliphatic heterocycles. The summed E-state index contributed by atoms with van der Waals surface area (Å²) in [5.41, 5.74) is 7.17. The van der Waals surface area contributed by atoms with Crippen molar-refractivity contribution in [3.8, 4) is 6.07 Å². The van der Waals surface area contributed by atoms with Crippen LogP contribution in [0.3, 0.4) is 0 Å². The summed E-state index contributed by atoms with van der Waals surface area (Å²) in [6, 6.07) is 2.10. The predicted octanol–water partition coefficient (Wildman–Crippen LogP) is 1.53. The van der Waals surface area contributed by atoms with E-state index in [9.17, 15) is 0 Å². The van der Waals surface area contributed by atoms with Crippen molar-refractivity contribution in [1.82, 2.24) is 0 Å². The summed E-state index contributed by atoms with van der Waals surface area (Å²) >= 11 is 0. The van der Waals surface area contributed by atoms with E-state index >= 15 is 0 Å². The van der Waals surface area contributed by atoms with Crippen LogP contribution in [0.4, 0.5) is 0 Å². The first-order chi connectivity index (χ1) is 6.33. The van der Waals surface area contributed by atoms with Gasteiger partial charge < -0.3 is 5.73 Å². The van der Waals surface area contributed by atoms with Gasteiger partial charge in [0.15, 0.2) is 0 Å². The number of nitrogens with zero attached hydrogens (tertiary/aromatic N) is 1. The average Bonchev–Trinajstić information content (AvgIpc) is 2.19. The lowest BCUT2D eigenvalue weighted by Crippen LogP contribution is -2.36. The van der Waals surface area contributed by atoms with Crippen molar-refractivity contribution in [2.75, 3.05) is 0 Å². The fraction of sp³-hybridized carbons (Fsp3) is 0.364. The third-order valence-corrected chi connectivity index (χ3v) is 2.71. The topological polar surface area (TPSA) is 49.8 Å². The molecule has 0 fully saturated rings. The molecule has 2 heteroatoms. The van der Waals surface area contributed by atoms with Gasteiger partial charge in [-0.15, -0.1) is 0 Å². The van der Waals surface area contributed by atoms with Gasteiger partial charge in [0.1, 0.15) is 0 Å². The van der Waals surface area contributed by atoms with Gasteiger partial charge in [0.05, 0.1) is 12.0 Å². The first-order valence-electron chi connectivity index (χ1n) is 4.53. The van der Waals surface area contributed by atoms with E-state index in [0.29, 0.717) is 5.92 Å². The van der Waals surface area contributed by atoms with E-state index in [4.69, 9.17) is 11.0 Å². The maximum Gasteiger partial charge on any atom is 0.0833 e. The lowest BCUT2D eigenvalue weighted by Gasteiger charge is -2.29. The molecule has 0 heterocycles. The van der Waals surface area contributed by atoms with Crippen molar-refractivity contribution in [3.63, 3.8) is 0 Å². The van der Waals surface area contributed by atoms with Gasteiger partial charge in [-0.2, -0.15) is 5.26 Å². The zero-order valence-electron chi connectivity index (χ0n) is 7.35. The van der Waals surface area contributed by atoms with Gasteiger partial charge in [-0.3, -0.25) is 0 Å². The summed E-state index contributed by atoms with van der Waals surface area (Å²) in [4.78, 5) is 0. The van der Waals surface area contributed by atoms with E-state index in [2.05, 4.69) is 18.2 Å². The molecule has 0 spiro atoms. The molecule has 66 valence electrons. The Kier molecular flexibility index (Phi) is 2.03. The Labute approximate surface area is 78.0 Å². The molecule has 2 aliphatic rings. The van der Waals surface area contributed by atoms with Gasteiger partial charge in [-0.05, 0) is 12.0 Å². The quantitative estimate of drug-likeness (QED) is 0.563. The number of nitriles is 1. The molecule has 0 saturated carbocycles. The molecular weight excluding hydrogens is 160 g/mol. The van der Waals surface area contributed by atoms with Gasteiger partial charge >= 0.3 is 0 Å². The highest BCUT2D eigenvalue weighted by atomic mass is 14.7. The maximum absolute atomic E-state index is 8.83. The molecule has 0 radical (unpaired) electrons. The molecule has 2 aliphatic carbocycles. The summed E-state index contributed by atoms with van der Waals surface area (Å²) in [5.74, 6) is 0.290. The molecular formula is C11H12N2. The molecule has 3 unspecified atom stereocenters. The standard InChI is InChI=1S/C11H12N2/c12-7-9-6-5-8-3-1-2-4-10(8)11(9)13/h1-2,4-6,8-9,11H,3,13H2. The number of hydrogen-bond donors (Lipinski definition) is 1. The first-order valence-corrected chi connectivity index (χ1v) is 4.53. The molecule has 13 heavy (non-hydrogen) atoms. The molecule has 2 N–H and O–H groups in total. The molecule has 2 rings (SSSR count). The second-order valence-electron chi connectivity index (χ2n) is 3.50. The lowest BCUT2D eigenvalue weighted by molar-refractivity contribution is 0.559. The molecule has 0 aromatic carbocycles. The van der Waals surface area contributed by atoms with Crippen molar-refractivity contribution in [2.24, 2.45) is 17.6 Å². The maximum atomic E-state index is 8.83. The second-order valence-corrected chi connectivity index (χ2v) is 3.50. The Morgan fingerprint density at radius 2 is 2.31 bits per heavy atom. The normalized spacial score (nSPS) is 36.3. The van der Waals surface area contributed by atoms with Crippen LogP contribution in [-0.2, 0) is 0 Å². The monoisotopic (exact) mass is 172 g/mol. The van der Waals surface area contributed by atoms with Crippen molar-refractivity contribution < 1.29 is 0 Å². The van der Waals surface area contributed by atoms with Crippen LogP contribution >= 0.6 is 0 Å². The van der Waals surface area contributed by atoms with Crippen molar-refractivity contribution in [2.45, 2.75) is 12.5 Å². The zero-order valence-corrected chi connectivity index (χ0v) is 7.35. The fourth-order valence-corrected chi connectivity index (χ4v) is 1.92. The minimum absolute atomic E-state index is 0.107. The molecule has 3 atom stereocenters. The highest BCUT2D eigenvalue weighted by Crippen LogP contribution is 2.31. The Hall–Kier alpha value is -1.33. The van der Waals surface area contributed by atoms with Crippen LogP contribution < -0.4 is 5.73 Å². The summed E-state index contributed by atoms with van der Waals surface area (Å²) in [7, 11) is 0. The minimum Gasteiger partial charge on any atom is -0.323 e. The second kappa shape index (κ2) is 3.20. The van der Waals surface area contributed by atoms with Crippen LogP contribution in [0.1, 0.15) is 6.42 Å². The van der Waals surface area contributed by atoms with Crippen LogP contribution in [0.25, 0.3) is 0 Å². The number of hydrogen-bond acceptors (Lipinski definition) is 2. The van der Waals surface area contributed by atoms with Gasteiger partial charge in [0.2, 0.25) is 0 Å². The smallest absolute Gasteiger partial charge is 0.0833 e. The van der Waals surface area contributed by atoms with Crippen molar-refractivity contribution in [1.29, 1.82) is 5.26 Å². The third-order valence-electron chi connectivity index (χ3n) is 2.71. The van der Waals surface area contributed by atoms with Crippen LogP contribution in [0.5, 0.6) is 0 Å². The highest BCUT2D eigenvalue weighted by molar-refractivity contribution is 5.35. The summed E-state index contributed by atoms with van der Waals surface area (Å²) in [6.45, 7) is 0. The van der Waals surface area contributed by atoms with Gasteiger partial charge in [0.25, 0.3) is 0 Å². The fourth-order valence-electron chi connectivity index (χ4n) is 1.92. The number of fused-ring (bicyclic) bond motifs is 1. The van der Waals surface area contributed by atoms with Crippen LogP contribution in [0.2, 0.25) is 0 Å². The van der Waals surface area contributed by atoms with Crippen LogP contribution in [-0.4, -0.2) is 6.04 Å². The predicted molar refractivity (Wildman–Crippen MR) is 51.5 cm³/mol. The number of rotatable bonds is 0. The van der Waals surface area contributed by atoms with Gasteiger partial charge in [-0.25, -0.2) is 0 Å². The summed E-state index contributed by atoms with van der Waals surface area (Å²) in [5, 5.41) is 8.83. The van der Waals surface area contributed by atoms with Crippen LogP contribution in [0.15, 0.2) is 36.0 Å². The molecule has 0 aromatic rings. The Morgan fingerprint density at radius 3 is 3.08 bits per heavy atom. The Balaban J connectivity index is 2.33. The SMILES string of the molecule is N#CC1C=CC2CC=CC=C2C1N. The van der Waals surface area contributed by atoms with Crippen molar-refractivity contribution >= 4 is 0 Å². The first kappa shape index (κ1) is 8.28. The van der Waals surface area contributed by atoms with Gasteiger partial charge in [0, 0.05) is 12.0 Å². The van der Waals surface area contributed by atoms with Gasteiger partial charge in [-0.1, -0.05) is 30.4 Å². The van der Waals surface area contributed by atoms with E-state index in [0.717, 1.165) is 6.42 Å². The lowest BCUT2D eigenvalue weighted by atomic mass is 9.77. The Bertz CT molecular complexity index is 330. The molecule has 0 saturated heterocycles.